The van der Waals surface area contributed by atoms with E-state index in [0.29, 0.717) is 28.7 Å². The van der Waals surface area contributed by atoms with Gasteiger partial charge in [-0.15, -0.1) is 0 Å². The molecule has 0 unspecified atom stereocenters. The van der Waals surface area contributed by atoms with Crippen LogP contribution in [0.3, 0.4) is 0 Å². The summed E-state index contributed by atoms with van der Waals surface area (Å²) in [5.41, 5.74) is 1.51. The molecule has 118 valence electrons. The van der Waals surface area contributed by atoms with Gasteiger partial charge < -0.3 is 9.63 Å². The minimum Gasteiger partial charge on any atom is -0.478 e. The van der Waals surface area contributed by atoms with Crippen LogP contribution >= 0.6 is 11.6 Å². The molecule has 0 aliphatic heterocycles. The lowest BCUT2D eigenvalue weighted by atomic mass is 10.1. The van der Waals surface area contributed by atoms with Gasteiger partial charge in [0.2, 0.25) is 11.7 Å². The van der Waals surface area contributed by atoms with Crippen LogP contribution in [0.1, 0.15) is 23.2 Å². The Labute approximate surface area is 138 Å². The summed E-state index contributed by atoms with van der Waals surface area (Å²) >= 11 is 5.87. The number of carboxylic acids is 1. The lowest BCUT2D eigenvalue weighted by Crippen LogP contribution is -1.96. The Morgan fingerprint density at radius 1 is 1.43 bits per heavy atom. The van der Waals surface area contributed by atoms with E-state index in [1.807, 2.05) is 6.92 Å². The lowest BCUT2D eigenvalue weighted by Gasteiger charge is -1.97. The second-order valence-corrected chi connectivity index (χ2v) is 5.18. The average Bonchev–Trinajstić information content (AvgIpc) is 3.01. The van der Waals surface area contributed by atoms with Gasteiger partial charge >= 0.3 is 5.97 Å². The van der Waals surface area contributed by atoms with Crippen molar-refractivity contribution in [3.8, 4) is 11.4 Å². The Kier molecular flexibility index (Phi) is 5.49. The van der Waals surface area contributed by atoms with Crippen LogP contribution in [0.15, 0.2) is 64.2 Å². The molecule has 5 nitrogen and oxygen atoms in total. The van der Waals surface area contributed by atoms with E-state index < -0.39 is 5.97 Å². The van der Waals surface area contributed by atoms with Gasteiger partial charge in [0.15, 0.2) is 0 Å². The van der Waals surface area contributed by atoms with Crippen LogP contribution in [0.25, 0.3) is 11.4 Å². The fourth-order valence-electron chi connectivity index (χ4n) is 1.78. The zero-order valence-corrected chi connectivity index (χ0v) is 13.2. The fraction of sp³-hybridized carbons (Fsp3) is 0.118. The molecule has 1 aromatic carbocycles. The number of carbonyl (C=O) groups is 1. The van der Waals surface area contributed by atoms with Gasteiger partial charge in [-0.25, -0.2) is 4.79 Å². The minimum atomic E-state index is -1.00. The molecule has 1 aromatic heterocycles. The molecule has 23 heavy (non-hydrogen) atoms. The van der Waals surface area contributed by atoms with Crippen molar-refractivity contribution in [2.75, 3.05) is 0 Å². The van der Waals surface area contributed by atoms with Gasteiger partial charge in [-0.2, -0.15) is 4.98 Å². The quantitative estimate of drug-likeness (QED) is 0.802. The first-order valence-corrected chi connectivity index (χ1v) is 7.21. The number of hydrogen-bond acceptors (Lipinski definition) is 4. The van der Waals surface area contributed by atoms with E-state index in [9.17, 15) is 4.79 Å². The third-order valence-corrected chi connectivity index (χ3v) is 3.31. The monoisotopic (exact) mass is 330 g/mol. The number of aromatic nitrogens is 2. The molecule has 1 heterocycles. The van der Waals surface area contributed by atoms with Crippen LogP contribution in [-0.4, -0.2) is 21.2 Å². The van der Waals surface area contributed by atoms with Crippen molar-refractivity contribution in [1.29, 1.82) is 0 Å². The van der Waals surface area contributed by atoms with E-state index in [0.717, 1.165) is 5.57 Å². The van der Waals surface area contributed by atoms with Gasteiger partial charge in [0.1, 0.15) is 0 Å². The first-order chi connectivity index (χ1) is 11.0. The van der Waals surface area contributed by atoms with Gasteiger partial charge in [-0.1, -0.05) is 47.6 Å². The molecule has 6 heteroatoms. The molecule has 0 amide bonds. The Hall–Kier alpha value is -2.66. The normalized spacial score (nSPS) is 11.8. The van der Waals surface area contributed by atoms with Crippen molar-refractivity contribution in [1.82, 2.24) is 10.1 Å². The SMILES string of the molecule is C=C(/C=C\C(Cl)=C/C)Cc1nc(-c2cccc(C(=O)O)c2)no1. The molecule has 0 bridgehead atoms. The Morgan fingerprint density at radius 3 is 2.91 bits per heavy atom. The predicted octanol–water partition coefficient (Wildman–Crippen LogP) is 4.23. The van der Waals surface area contributed by atoms with E-state index in [1.54, 1.807) is 30.4 Å². The third-order valence-electron chi connectivity index (χ3n) is 2.97. The molecule has 0 saturated heterocycles. The highest BCUT2D eigenvalue weighted by Crippen LogP contribution is 2.18. The number of carboxylic acid groups (broad SMARTS) is 1. The minimum absolute atomic E-state index is 0.169. The number of allylic oxidation sites excluding steroid dienone is 5. The second-order valence-electron chi connectivity index (χ2n) is 4.74. The van der Waals surface area contributed by atoms with Crippen molar-refractivity contribution in [3.63, 3.8) is 0 Å². The van der Waals surface area contributed by atoms with Crippen molar-refractivity contribution < 1.29 is 14.4 Å². The Morgan fingerprint density at radius 2 is 2.22 bits per heavy atom. The predicted molar refractivity (Wildman–Crippen MR) is 88.3 cm³/mol. The Balaban J connectivity index is 2.12. The van der Waals surface area contributed by atoms with E-state index >= 15 is 0 Å². The largest absolute Gasteiger partial charge is 0.478 e. The lowest BCUT2D eigenvalue weighted by molar-refractivity contribution is 0.0697. The summed E-state index contributed by atoms with van der Waals surface area (Å²) in [5, 5.41) is 13.5. The van der Waals surface area contributed by atoms with Crippen LogP contribution in [0.5, 0.6) is 0 Å². The summed E-state index contributed by atoms with van der Waals surface area (Å²) < 4.78 is 5.17. The van der Waals surface area contributed by atoms with Crippen molar-refractivity contribution in [3.05, 3.63) is 71.1 Å². The zero-order valence-electron chi connectivity index (χ0n) is 12.5. The van der Waals surface area contributed by atoms with Crippen molar-refractivity contribution in [2.45, 2.75) is 13.3 Å². The highest BCUT2D eigenvalue weighted by molar-refractivity contribution is 6.31. The van der Waals surface area contributed by atoms with Crippen LogP contribution in [0.4, 0.5) is 0 Å². The fourth-order valence-corrected chi connectivity index (χ4v) is 1.85. The highest BCUT2D eigenvalue weighted by Gasteiger charge is 2.11. The molecule has 0 aliphatic rings. The zero-order chi connectivity index (χ0) is 16.8. The first-order valence-electron chi connectivity index (χ1n) is 6.83. The topological polar surface area (TPSA) is 76.2 Å². The van der Waals surface area contributed by atoms with Crippen molar-refractivity contribution >= 4 is 17.6 Å². The molecule has 2 aromatic rings. The summed E-state index contributed by atoms with van der Waals surface area (Å²) in [7, 11) is 0. The van der Waals surface area contributed by atoms with Gasteiger partial charge in [-0.05, 0) is 30.7 Å². The van der Waals surface area contributed by atoms with Crippen LogP contribution in [-0.2, 0) is 6.42 Å². The molecule has 0 fully saturated rings. The number of rotatable bonds is 6. The van der Waals surface area contributed by atoms with E-state index in [4.69, 9.17) is 21.2 Å². The van der Waals surface area contributed by atoms with Gasteiger partial charge in [0.25, 0.3) is 0 Å². The van der Waals surface area contributed by atoms with Crippen LogP contribution < -0.4 is 0 Å². The standard InChI is InChI=1S/C17H15ClN2O3/c1-3-14(18)8-7-11(2)9-15-19-16(20-23-15)12-5-4-6-13(10-12)17(21)22/h3-8,10H,2,9H2,1H3,(H,21,22)/b8-7-,14-3+. The van der Waals surface area contributed by atoms with Gasteiger partial charge in [0.05, 0.1) is 12.0 Å². The molecule has 0 spiro atoms. The molecule has 1 N–H and O–H groups in total. The van der Waals surface area contributed by atoms with E-state index in [1.165, 1.54) is 12.1 Å². The summed E-state index contributed by atoms with van der Waals surface area (Å²) in [6.45, 7) is 5.74. The number of nitrogens with zero attached hydrogens (tertiary/aromatic N) is 2. The highest BCUT2D eigenvalue weighted by atomic mass is 35.5. The summed E-state index contributed by atoms with van der Waals surface area (Å²) in [4.78, 5) is 15.2. The third kappa shape index (κ3) is 4.66. The Bertz CT molecular complexity index is 791. The second kappa shape index (κ2) is 7.56. The number of aromatic carboxylic acids is 1. The molecule has 2 rings (SSSR count). The number of hydrogen-bond donors (Lipinski definition) is 1. The van der Waals surface area contributed by atoms with Gasteiger partial charge in [-0.3, -0.25) is 0 Å². The van der Waals surface area contributed by atoms with E-state index in [2.05, 4.69) is 16.7 Å². The van der Waals surface area contributed by atoms with E-state index in [-0.39, 0.29) is 5.56 Å². The van der Waals surface area contributed by atoms with Gasteiger partial charge in [0, 0.05) is 10.6 Å². The molecule has 0 aliphatic carbocycles. The first kappa shape index (κ1) is 16.7. The smallest absolute Gasteiger partial charge is 0.335 e. The maximum Gasteiger partial charge on any atom is 0.335 e. The summed E-state index contributed by atoms with van der Waals surface area (Å²) in [6, 6.07) is 6.36. The molecule has 0 atom stereocenters. The van der Waals surface area contributed by atoms with Crippen LogP contribution in [0.2, 0.25) is 0 Å². The van der Waals surface area contributed by atoms with Crippen molar-refractivity contribution in [2.24, 2.45) is 0 Å². The average molecular weight is 331 g/mol. The molecular formula is C17H15ClN2O3. The summed E-state index contributed by atoms with van der Waals surface area (Å²) in [5.74, 6) is -0.270. The molecular weight excluding hydrogens is 316 g/mol. The maximum atomic E-state index is 11.0. The van der Waals surface area contributed by atoms with Crippen LogP contribution in [0, 0.1) is 0 Å². The maximum absolute atomic E-state index is 11.0. The number of halogens is 1. The molecule has 0 saturated carbocycles. The summed E-state index contributed by atoms with van der Waals surface area (Å²) in [6.07, 6.45) is 5.66. The number of benzene rings is 1. The molecule has 0 radical (unpaired) electrons.